The molecule has 2 aromatic rings. The monoisotopic (exact) mass is 316 g/mol. The Morgan fingerprint density at radius 3 is 2.09 bits per heavy atom. The fraction of sp³-hybridized carbons (Fsp3) is 0.0667. The van der Waals surface area contributed by atoms with Crippen molar-refractivity contribution in [2.24, 2.45) is 0 Å². The minimum Gasteiger partial charge on any atom is -0.595 e. The third kappa shape index (κ3) is 2.18. The van der Waals surface area contributed by atoms with Crippen molar-refractivity contribution in [1.29, 1.82) is 0 Å². The SMILES string of the molecule is Cc1ccc2c(c1[NH+]([O-])O)C(=O)c1cccc([NH+]([O-])O)c1C2=O. The van der Waals surface area contributed by atoms with Gasteiger partial charge in [-0.3, -0.25) is 9.59 Å². The van der Waals surface area contributed by atoms with Crippen LogP contribution in [0.1, 0.15) is 37.4 Å². The molecule has 0 saturated heterocycles. The Kier molecular flexibility index (Phi) is 3.57. The van der Waals surface area contributed by atoms with E-state index in [1.165, 1.54) is 37.3 Å². The first-order chi connectivity index (χ1) is 10.8. The van der Waals surface area contributed by atoms with Gasteiger partial charge in [0.25, 0.3) is 0 Å². The maximum Gasteiger partial charge on any atom is 0.200 e. The highest BCUT2D eigenvalue weighted by atomic mass is 16.8. The number of benzene rings is 2. The van der Waals surface area contributed by atoms with Crippen molar-refractivity contribution in [1.82, 2.24) is 0 Å². The molecule has 0 aliphatic heterocycles. The lowest BCUT2D eigenvalue weighted by Crippen LogP contribution is -2.99. The number of aryl methyl sites for hydroxylation is 1. The zero-order valence-electron chi connectivity index (χ0n) is 11.9. The average Bonchev–Trinajstić information content (AvgIpc) is 2.51. The van der Waals surface area contributed by atoms with Crippen LogP contribution in [0.15, 0.2) is 30.3 Å². The lowest BCUT2D eigenvalue weighted by Gasteiger charge is -2.25. The molecule has 2 aromatic carbocycles. The number of ketones is 2. The van der Waals surface area contributed by atoms with E-state index >= 15 is 0 Å². The van der Waals surface area contributed by atoms with Crippen molar-refractivity contribution < 1.29 is 30.5 Å². The topological polar surface area (TPSA) is 130 Å². The summed E-state index contributed by atoms with van der Waals surface area (Å²) in [5, 5.41) is 38.7. The van der Waals surface area contributed by atoms with Crippen molar-refractivity contribution in [3.63, 3.8) is 0 Å². The number of hydrogen-bond donors (Lipinski definition) is 4. The molecule has 0 amide bonds. The Morgan fingerprint density at radius 2 is 1.48 bits per heavy atom. The van der Waals surface area contributed by atoms with Gasteiger partial charge in [0.15, 0.2) is 11.4 Å². The quantitative estimate of drug-likeness (QED) is 0.475. The second-order valence-electron chi connectivity index (χ2n) is 5.18. The van der Waals surface area contributed by atoms with Gasteiger partial charge in [-0.2, -0.15) is 10.5 Å². The lowest BCUT2D eigenvalue weighted by atomic mass is 9.81. The molecule has 0 heterocycles. The first kappa shape index (κ1) is 15.4. The van der Waals surface area contributed by atoms with E-state index in [4.69, 9.17) is 0 Å². The number of rotatable bonds is 2. The van der Waals surface area contributed by atoms with Crippen LogP contribution < -0.4 is 10.5 Å². The standard InChI is InChI=1S/C15H12N2O6/c1-7-5-6-9-12(13(7)17(22)23)15(19)8-3-2-4-10(16(20)21)11(8)14(9)18/h2-6,16-17,20,22H,1H3. The van der Waals surface area contributed by atoms with Crippen LogP contribution in [0, 0.1) is 17.3 Å². The maximum atomic E-state index is 12.7. The highest BCUT2D eigenvalue weighted by Gasteiger charge is 2.37. The number of carbonyl (C=O) groups is 2. The van der Waals surface area contributed by atoms with Crippen molar-refractivity contribution in [3.05, 3.63) is 68.6 Å². The average molecular weight is 316 g/mol. The molecule has 2 unspecified atom stereocenters. The fourth-order valence-electron chi connectivity index (χ4n) is 2.84. The van der Waals surface area contributed by atoms with Crippen molar-refractivity contribution in [3.8, 4) is 0 Å². The smallest absolute Gasteiger partial charge is 0.200 e. The van der Waals surface area contributed by atoms with Crippen molar-refractivity contribution in [2.45, 2.75) is 6.92 Å². The molecule has 0 saturated carbocycles. The molecule has 1 aliphatic rings. The summed E-state index contributed by atoms with van der Waals surface area (Å²) in [7, 11) is 0. The van der Waals surface area contributed by atoms with Gasteiger partial charge in [0, 0.05) is 22.8 Å². The van der Waals surface area contributed by atoms with Gasteiger partial charge >= 0.3 is 0 Å². The molecule has 0 spiro atoms. The van der Waals surface area contributed by atoms with E-state index in [2.05, 4.69) is 0 Å². The molecule has 0 radical (unpaired) electrons. The van der Waals surface area contributed by atoms with E-state index in [1.54, 1.807) is 0 Å². The fourth-order valence-corrected chi connectivity index (χ4v) is 2.84. The van der Waals surface area contributed by atoms with E-state index in [1.807, 2.05) is 0 Å². The molecule has 2 atom stereocenters. The molecule has 8 heteroatoms. The summed E-state index contributed by atoms with van der Waals surface area (Å²) in [6, 6.07) is 6.72. The summed E-state index contributed by atoms with van der Waals surface area (Å²) >= 11 is 0. The molecule has 118 valence electrons. The first-order valence-electron chi connectivity index (χ1n) is 6.67. The van der Waals surface area contributed by atoms with Crippen LogP contribution >= 0.6 is 0 Å². The van der Waals surface area contributed by atoms with E-state index in [-0.39, 0.29) is 33.6 Å². The van der Waals surface area contributed by atoms with Crippen LogP contribution in [-0.2, 0) is 0 Å². The molecule has 1 aliphatic carbocycles. The molecule has 0 aromatic heterocycles. The van der Waals surface area contributed by atoms with Gasteiger partial charge in [0.1, 0.15) is 0 Å². The van der Waals surface area contributed by atoms with Gasteiger partial charge in [-0.1, -0.05) is 12.1 Å². The summed E-state index contributed by atoms with van der Waals surface area (Å²) in [6.07, 6.45) is 0. The molecule has 4 N–H and O–H groups in total. The van der Waals surface area contributed by atoms with Crippen molar-refractivity contribution in [2.75, 3.05) is 0 Å². The lowest BCUT2D eigenvalue weighted by molar-refractivity contribution is -0.991. The predicted octanol–water partition coefficient (Wildman–Crippen LogP) is -0.423. The highest BCUT2D eigenvalue weighted by Crippen LogP contribution is 2.34. The number of quaternary nitrogens is 2. The molecular weight excluding hydrogens is 304 g/mol. The maximum absolute atomic E-state index is 12.7. The number of hydrogen-bond acceptors (Lipinski definition) is 6. The Bertz CT molecular complexity index is 844. The van der Waals surface area contributed by atoms with Gasteiger partial charge < -0.3 is 10.4 Å². The van der Waals surface area contributed by atoms with Crippen LogP contribution in [0.3, 0.4) is 0 Å². The minimum atomic E-state index is -1.32. The van der Waals surface area contributed by atoms with Gasteiger partial charge in [0.05, 0.1) is 11.1 Å². The molecular formula is C15H12N2O6. The van der Waals surface area contributed by atoms with Gasteiger partial charge in [-0.15, -0.1) is 0 Å². The number of nitrogens with one attached hydrogen (secondary N) is 2. The minimum absolute atomic E-state index is 0.0841. The van der Waals surface area contributed by atoms with Crippen LogP contribution in [-0.4, -0.2) is 22.0 Å². The van der Waals surface area contributed by atoms with Crippen LogP contribution in [0.25, 0.3) is 0 Å². The summed E-state index contributed by atoms with van der Waals surface area (Å²) in [5.74, 6) is -1.31. The Morgan fingerprint density at radius 1 is 0.870 bits per heavy atom. The summed E-state index contributed by atoms with van der Waals surface area (Å²) in [5.41, 5.74) is -0.698. The predicted molar refractivity (Wildman–Crippen MR) is 76.0 cm³/mol. The number of carbonyl (C=O) groups excluding carboxylic acids is 2. The van der Waals surface area contributed by atoms with Gasteiger partial charge in [-0.25, -0.2) is 10.4 Å². The van der Waals surface area contributed by atoms with Crippen LogP contribution in [0.2, 0.25) is 0 Å². The third-order valence-corrected chi connectivity index (χ3v) is 3.87. The van der Waals surface area contributed by atoms with E-state index in [0.29, 0.717) is 5.56 Å². The number of fused-ring (bicyclic) bond motifs is 2. The van der Waals surface area contributed by atoms with Gasteiger partial charge in [0.2, 0.25) is 11.6 Å². The normalized spacial score (nSPS) is 15.9. The summed E-state index contributed by atoms with van der Waals surface area (Å²) in [6.45, 7) is 1.53. The largest absolute Gasteiger partial charge is 0.595 e. The van der Waals surface area contributed by atoms with Gasteiger partial charge in [-0.05, 0) is 19.1 Å². The Balaban J connectivity index is 2.36. The molecule has 0 bridgehead atoms. The van der Waals surface area contributed by atoms with Crippen LogP contribution in [0.5, 0.6) is 0 Å². The van der Waals surface area contributed by atoms with Crippen LogP contribution in [0.4, 0.5) is 11.4 Å². The van der Waals surface area contributed by atoms with E-state index in [9.17, 15) is 30.4 Å². The van der Waals surface area contributed by atoms with Crippen molar-refractivity contribution >= 4 is 22.9 Å². The second kappa shape index (κ2) is 5.32. The van der Waals surface area contributed by atoms with E-state index in [0.717, 1.165) is 0 Å². The Hall–Kier alpha value is -2.46. The molecule has 3 rings (SSSR count). The Labute approximate surface area is 129 Å². The second-order valence-corrected chi connectivity index (χ2v) is 5.18. The summed E-state index contributed by atoms with van der Waals surface area (Å²) in [4.78, 5) is 25.4. The zero-order chi connectivity index (χ0) is 16.9. The first-order valence-corrected chi connectivity index (χ1v) is 6.67. The highest BCUT2D eigenvalue weighted by molar-refractivity contribution is 6.31. The molecule has 0 fully saturated rings. The molecule has 8 nitrogen and oxygen atoms in total. The zero-order valence-corrected chi connectivity index (χ0v) is 11.9. The van der Waals surface area contributed by atoms with E-state index < -0.39 is 22.0 Å². The molecule has 23 heavy (non-hydrogen) atoms. The third-order valence-electron chi connectivity index (χ3n) is 3.87. The summed E-state index contributed by atoms with van der Waals surface area (Å²) < 4.78 is 0.